The number of amides is 1. The number of nitrogens with zero attached hydrogens (tertiary/aromatic N) is 4. The first-order valence-corrected chi connectivity index (χ1v) is 15.3. The van der Waals surface area contributed by atoms with E-state index in [4.69, 9.17) is 29.8 Å². The molecule has 2 aromatic carbocycles. The largest absolute Gasteiger partial charge is 0.490 e. The lowest BCUT2D eigenvalue weighted by atomic mass is 9.96. The van der Waals surface area contributed by atoms with Crippen molar-refractivity contribution in [2.45, 2.75) is 58.1 Å². The molecule has 0 bridgehead atoms. The number of carboxylic acid groups (broad SMARTS) is 1. The fourth-order valence-electron chi connectivity index (χ4n) is 4.91. The summed E-state index contributed by atoms with van der Waals surface area (Å²) in [5.41, 5.74) is 9.02. The van der Waals surface area contributed by atoms with Crippen LogP contribution in [-0.4, -0.2) is 82.7 Å². The van der Waals surface area contributed by atoms with Gasteiger partial charge in [0.25, 0.3) is 0 Å². The van der Waals surface area contributed by atoms with E-state index in [9.17, 15) is 22.8 Å². The van der Waals surface area contributed by atoms with E-state index < -0.39 is 24.2 Å². The van der Waals surface area contributed by atoms with Gasteiger partial charge in [0.1, 0.15) is 5.75 Å². The fourth-order valence-corrected chi connectivity index (χ4v) is 4.91. The minimum absolute atomic E-state index is 0.0291. The maximum absolute atomic E-state index is 13.3. The van der Waals surface area contributed by atoms with Crippen LogP contribution in [0.3, 0.4) is 0 Å². The van der Waals surface area contributed by atoms with Crippen LogP contribution in [-0.2, 0) is 37.0 Å². The summed E-state index contributed by atoms with van der Waals surface area (Å²) in [6.45, 7) is 5.04. The lowest BCUT2D eigenvalue weighted by Gasteiger charge is -2.38. The van der Waals surface area contributed by atoms with Crippen LogP contribution in [0.5, 0.6) is 11.6 Å². The van der Waals surface area contributed by atoms with Crippen molar-refractivity contribution in [3.05, 3.63) is 84.1 Å². The quantitative estimate of drug-likeness (QED) is 0.226. The zero-order valence-corrected chi connectivity index (χ0v) is 27.6. The molecule has 49 heavy (non-hydrogen) atoms. The summed E-state index contributed by atoms with van der Waals surface area (Å²) in [4.78, 5) is 47.1. The number of pyridine rings is 1. The highest BCUT2D eigenvalue weighted by Gasteiger charge is 2.38. The summed E-state index contributed by atoms with van der Waals surface area (Å²) < 4.78 is 48.4. The summed E-state index contributed by atoms with van der Waals surface area (Å²) in [7, 11) is 2.91. The van der Waals surface area contributed by atoms with Crippen LogP contribution in [0.1, 0.15) is 37.8 Å². The van der Waals surface area contributed by atoms with Crippen molar-refractivity contribution in [2.24, 2.45) is 16.6 Å². The van der Waals surface area contributed by atoms with E-state index in [1.165, 1.54) is 12.0 Å². The predicted molar refractivity (Wildman–Crippen MR) is 174 cm³/mol. The van der Waals surface area contributed by atoms with E-state index in [0.29, 0.717) is 42.8 Å². The molecule has 4 rings (SSSR count). The van der Waals surface area contributed by atoms with Gasteiger partial charge in [-0.1, -0.05) is 62.4 Å². The third-order valence-corrected chi connectivity index (χ3v) is 7.56. The van der Waals surface area contributed by atoms with Gasteiger partial charge in [-0.25, -0.2) is 19.6 Å². The Kier molecular flexibility index (Phi) is 13.9. The third kappa shape index (κ3) is 11.5. The van der Waals surface area contributed by atoms with Crippen LogP contribution in [0.15, 0.2) is 77.9 Å². The number of para-hydroxylation sites is 1. The smallest absolute Gasteiger partial charge is 0.475 e. The summed E-state index contributed by atoms with van der Waals surface area (Å²) >= 11 is 0. The van der Waals surface area contributed by atoms with Gasteiger partial charge in [-0.05, 0) is 30.0 Å². The van der Waals surface area contributed by atoms with Crippen LogP contribution < -0.4 is 10.5 Å². The number of carbonyl (C=O) groups excluding carboxylic acids is 2. The number of alkyl halides is 3. The number of aliphatic imine (C=N–C) groups is 1. The first-order chi connectivity index (χ1) is 23.2. The van der Waals surface area contributed by atoms with Crippen molar-refractivity contribution in [1.29, 1.82) is 0 Å². The number of carbonyl (C=O) groups is 3. The van der Waals surface area contributed by atoms with Crippen molar-refractivity contribution >= 4 is 29.5 Å². The van der Waals surface area contributed by atoms with Crippen LogP contribution in [0.4, 0.5) is 18.9 Å². The topological polar surface area (TPSA) is 157 Å². The number of carboxylic acids is 1. The Morgan fingerprint density at radius 1 is 1.06 bits per heavy atom. The van der Waals surface area contributed by atoms with Crippen LogP contribution in [0.2, 0.25) is 0 Å². The van der Waals surface area contributed by atoms with Gasteiger partial charge in [0, 0.05) is 37.7 Å². The number of likely N-dealkylation sites (N-methyl/N-ethyl adjacent to an activating group) is 1. The van der Waals surface area contributed by atoms with Gasteiger partial charge in [0.15, 0.2) is 12.0 Å². The summed E-state index contributed by atoms with van der Waals surface area (Å²) in [6.07, 6.45) is -2.70. The van der Waals surface area contributed by atoms with Crippen molar-refractivity contribution in [3.8, 4) is 11.6 Å². The highest BCUT2D eigenvalue weighted by molar-refractivity contribution is 5.85. The van der Waals surface area contributed by atoms with Crippen LogP contribution >= 0.6 is 0 Å². The lowest BCUT2D eigenvalue weighted by Crippen LogP contribution is -2.49. The van der Waals surface area contributed by atoms with E-state index in [1.807, 2.05) is 71.6 Å². The normalized spacial score (nSPS) is 13.6. The van der Waals surface area contributed by atoms with Gasteiger partial charge in [-0.2, -0.15) is 13.2 Å². The molecule has 1 aliphatic heterocycles. The molecule has 12 nitrogen and oxygen atoms in total. The second-order valence-corrected chi connectivity index (χ2v) is 11.4. The number of benzene rings is 2. The van der Waals surface area contributed by atoms with Crippen LogP contribution in [0.25, 0.3) is 0 Å². The second-order valence-electron chi connectivity index (χ2n) is 11.4. The molecule has 1 aromatic heterocycles. The van der Waals surface area contributed by atoms with Crippen molar-refractivity contribution in [2.75, 3.05) is 20.8 Å². The van der Waals surface area contributed by atoms with E-state index >= 15 is 0 Å². The summed E-state index contributed by atoms with van der Waals surface area (Å²) in [5, 5.41) is 7.12. The molecule has 3 N–H and O–H groups in total. The number of hydrogen-bond acceptors (Lipinski definition) is 10. The number of fused-ring (bicyclic) bond motifs is 1. The molecule has 0 saturated heterocycles. The average molecular weight is 688 g/mol. The average Bonchev–Trinajstić information content (AvgIpc) is 3.07. The number of methoxy groups -OCH3 is 1. The summed E-state index contributed by atoms with van der Waals surface area (Å²) in [5.74, 6) is -1.75. The maximum Gasteiger partial charge on any atom is 0.490 e. The van der Waals surface area contributed by atoms with Gasteiger partial charge in [-0.3, -0.25) is 4.79 Å². The molecule has 3 aromatic rings. The first-order valence-electron chi connectivity index (χ1n) is 15.3. The maximum atomic E-state index is 13.3. The van der Waals surface area contributed by atoms with Crippen molar-refractivity contribution in [1.82, 2.24) is 14.8 Å². The number of rotatable bonds is 13. The number of ether oxygens (including phenoxy) is 3. The molecule has 1 unspecified atom stereocenters. The van der Waals surface area contributed by atoms with Crippen molar-refractivity contribution < 1.29 is 46.9 Å². The van der Waals surface area contributed by atoms with E-state index in [-0.39, 0.29) is 30.9 Å². The standard InChI is InChI=1S/C32H39N5O5.C2HF3O2/c1-22(2)27(15-16-30(38)36(3)28(31(39)40-4)21-41-20-23-11-7-5-8-12-23)37-19-24-17-29(34-18-26(24)35-32(37)33)42-25-13-9-6-10-14-25;3-2(4,5)1(6)7/h5-14,17-18,22,27-28H,15-16,19-21H2,1-4H3,(H2,33,35);(H,6,7)/t27-,28?;/m0./s1. The fraction of sp³-hybridized carbons (Fsp3) is 0.382. The number of guanidine groups is 1. The number of nitrogens with two attached hydrogens (primary N) is 1. The number of aromatic nitrogens is 1. The Morgan fingerprint density at radius 2 is 1.67 bits per heavy atom. The van der Waals surface area contributed by atoms with Crippen LogP contribution in [0, 0.1) is 5.92 Å². The predicted octanol–water partition coefficient (Wildman–Crippen LogP) is 5.29. The van der Waals surface area contributed by atoms with Crippen molar-refractivity contribution in [3.63, 3.8) is 0 Å². The molecule has 0 radical (unpaired) electrons. The Hall–Kier alpha value is -5.18. The molecule has 264 valence electrons. The van der Waals surface area contributed by atoms with Gasteiger partial charge in [-0.15, -0.1) is 0 Å². The molecule has 0 saturated carbocycles. The van der Waals surface area contributed by atoms with Gasteiger partial charge in [0.2, 0.25) is 11.8 Å². The molecular weight excluding hydrogens is 647 g/mol. The zero-order chi connectivity index (χ0) is 36.1. The molecule has 2 atom stereocenters. The number of esters is 1. The Bertz CT molecular complexity index is 1570. The second kappa shape index (κ2) is 17.8. The van der Waals surface area contributed by atoms with E-state index in [1.54, 1.807) is 13.2 Å². The molecule has 1 amide bonds. The monoisotopic (exact) mass is 687 g/mol. The Balaban J connectivity index is 0.000000838. The summed E-state index contributed by atoms with van der Waals surface area (Å²) in [6, 6.07) is 20.1. The molecule has 0 fully saturated rings. The minimum Gasteiger partial charge on any atom is -0.475 e. The molecule has 15 heteroatoms. The number of aliphatic carboxylic acids is 1. The lowest BCUT2D eigenvalue weighted by molar-refractivity contribution is -0.192. The highest BCUT2D eigenvalue weighted by Crippen LogP contribution is 2.32. The first kappa shape index (κ1) is 38.3. The minimum atomic E-state index is -5.08. The molecular formula is C34H40F3N5O7. The van der Waals surface area contributed by atoms with Gasteiger partial charge in [0.05, 0.1) is 32.2 Å². The van der Waals surface area contributed by atoms with E-state index in [0.717, 1.165) is 11.1 Å². The van der Waals surface area contributed by atoms with E-state index in [2.05, 4.69) is 23.8 Å². The number of halogens is 3. The zero-order valence-electron chi connectivity index (χ0n) is 27.6. The van der Waals surface area contributed by atoms with Gasteiger partial charge >= 0.3 is 18.1 Å². The molecule has 0 spiro atoms. The molecule has 1 aliphatic rings. The number of hydrogen-bond donors (Lipinski definition) is 2. The Labute approximate surface area is 282 Å². The highest BCUT2D eigenvalue weighted by atomic mass is 19.4. The van der Waals surface area contributed by atoms with Gasteiger partial charge < -0.3 is 34.9 Å². The Morgan fingerprint density at radius 3 is 2.24 bits per heavy atom. The molecule has 2 heterocycles. The SMILES string of the molecule is COC(=O)C(COCc1ccccc1)N(C)C(=O)CC[C@@H](C(C)C)N1Cc2cc(Oc3ccccc3)ncc2N=C1N.O=C(O)C(F)(F)F. The molecule has 0 aliphatic carbocycles. The third-order valence-electron chi connectivity index (χ3n) is 7.56.